The zero-order chi connectivity index (χ0) is 12.3. The van der Waals surface area contributed by atoms with Crippen LogP contribution in [0, 0.1) is 5.92 Å². The van der Waals surface area contributed by atoms with Crippen molar-refractivity contribution in [2.24, 2.45) is 5.92 Å². The first-order valence-electron chi connectivity index (χ1n) is 6.90. The quantitative estimate of drug-likeness (QED) is 0.838. The van der Waals surface area contributed by atoms with Gasteiger partial charge in [-0.2, -0.15) is 0 Å². The molecule has 1 saturated carbocycles. The fourth-order valence-corrected chi connectivity index (χ4v) is 3.35. The molecule has 1 N–H and O–H groups in total. The van der Waals surface area contributed by atoms with Gasteiger partial charge in [-0.15, -0.1) is 0 Å². The number of hydrogen-bond donors (Lipinski definition) is 1. The third kappa shape index (κ3) is 2.40. The number of hydrogen-bond acceptors (Lipinski definition) is 1. The maximum Gasteiger partial charge on any atom is 0.0659 e. The summed E-state index contributed by atoms with van der Waals surface area (Å²) in [6.45, 7) is 4.26. The van der Waals surface area contributed by atoms with Crippen LogP contribution in [-0.4, -0.2) is 11.2 Å². The lowest BCUT2D eigenvalue weighted by atomic mass is 9.63. The van der Waals surface area contributed by atoms with Crippen molar-refractivity contribution in [3.05, 3.63) is 35.9 Å². The summed E-state index contributed by atoms with van der Waals surface area (Å²) >= 11 is 0. The van der Waals surface area contributed by atoms with E-state index < -0.39 is 0 Å². The Morgan fingerprint density at radius 1 is 1.00 bits per heavy atom. The Morgan fingerprint density at radius 3 is 2.12 bits per heavy atom. The largest absolute Gasteiger partial charge is 0.392 e. The fraction of sp³-hybridized carbons (Fsp3) is 0.625. The Bertz CT molecular complexity index is 336. The molecule has 1 aromatic rings. The van der Waals surface area contributed by atoms with Crippen LogP contribution in [0.2, 0.25) is 0 Å². The second kappa shape index (κ2) is 5.22. The maximum atomic E-state index is 10.7. The summed E-state index contributed by atoms with van der Waals surface area (Å²) < 4.78 is 0. The zero-order valence-electron chi connectivity index (χ0n) is 11.0. The summed E-state index contributed by atoms with van der Waals surface area (Å²) in [6, 6.07) is 10.6. The van der Waals surface area contributed by atoms with Gasteiger partial charge in [-0.1, -0.05) is 63.4 Å². The van der Waals surface area contributed by atoms with Crippen molar-refractivity contribution in [1.29, 1.82) is 0 Å². The predicted octanol–water partition coefficient (Wildman–Crippen LogP) is 3.91. The molecular weight excluding hydrogens is 208 g/mol. The molecule has 0 radical (unpaired) electrons. The second-order valence-electron chi connectivity index (χ2n) is 5.77. The minimum absolute atomic E-state index is 0.00762. The lowest BCUT2D eigenvalue weighted by Gasteiger charge is -2.43. The Balaban J connectivity index is 2.36. The molecule has 1 aromatic carbocycles. The van der Waals surface area contributed by atoms with E-state index in [-0.39, 0.29) is 11.5 Å². The third-order valence-corrected chi connectivity index (χ3v) is 4.29. The van der Waals surface area contributed by atoms with E-state index in [1.54, 1.807) is 0 Å². The minimum Gasteiger partial charge on any atom is -0.392 e. The lowest BCUT2D eigenvalue weighted by Crippen LogP contribution is -2.44. The highest BCUT2D eigenvalue weighted by molar-refractivity contribution is 5.28. The van der Waals surface area contributed by atoms with E-state index in [0.717, 1.165) is 12.8 Å². The van der Waals surface area contributed by atoms with Crippen LogP contribution < -0.4 is 0 Å². The molecule has 1 heteroatoms. The molecule has 1 aliphatic carbocycles. The van der Waals surface area contributed by atoms with Gasteiger partial charge in [-0.05, 0) is 24.3 Å². The van der Waals surface area contributed by atoms with Crippen LogP contribution in [0.3, 0.4) is 0 Å². The van der Waals surface area contributed by atoms with Crippen LogP contribution in [0.5, 0.6) is 0 Å². The molecule has 17 heavy (non-hydrogen) atoms. The molecule has 0 saturated heterocycles. The highest BCUT2D eigenvalue weighted by atomic mass is 16.3. The standard InChI is InChI=1S/C16H24O/c1-13(2)15(17)16(11-7-4-8-12-16)14-9-5-3-6-10-14/h3,5-6,9-10,13,15,17H,4,7-8,11-12H2,1-2H3. The molecule has 2 rings (SSSR count). The van der Waals surface area contributed by atoms with Crippen LogP contribution in [0.25, 0.3) is 0 Å². The van der Waals surface area contributed by atoms with E-state index in [4.69, 9.17) is 0 Å². The highest BCUT2D eigenvalue weighted by Crippen LogP contribution is 2.44. The molecule has 0 heterocycles. The Labute approximate surface area is 105 Å². The monoisotopic (exact) mass is 232 g/mol. The van der Waals surface area contributed by atoms with Crippen molar-refractivity contribution in [3.8, 4) is 0 Å². The van der Waals surface area contributed by atoms with E-state index in [9.17, 15) is 5.11 Å². The predicted molar refractivity (Wildman–Crippen MR) is 72.0 cm³/mol. The summed E-state index contributed by atoms with van der Waals surface area (Å²) in [4.78, 5) is 0. The average Bonchev–Trinajstić information content (AvgIpc) is 2.39. The van der Waals surface area contributed by atoms with Gasteiger partial charge in [0.1, 0.15) is 0 Å². The summed E-state index contributed by atoms with van der Waals surface area (Å²) in [5.41, 5.74) is 1.34. The maximum absolute atomic E-state index is 10.7. The number of aliphatic hydroxyl groups is 1. The Kier molecular flexibility index (Phi) is 3.88. The lowest BCUT2D eigenvalue weighted by molar-refractivity contribution is 0.0187. The van der Waals surface area contributed by atoms with Crippen molar-refractivity contribution < 1.29 is 5.11 Å². The van der Waals surface area contributed by atoms with Crippen molar-refractivity contribution in [2.45, 2.75) is 57.5 Å². The third-order valence-electron chi connectivity index (χ3n) is 4.29. The van der Waals surface area contributed by atoms with Crippen LogP contribution in [-0.2, 0) is 5.41 Å². The smallest absolute Gasteiger partial charge is 0.0659 e. The number of rotatable bonds is 3. The van der Waals surface area contributed by atoms with Crippen LogP contribution in [0.4, 0.5) is 0 Å². The zero-order valence-corrected chi connectivity index (χ0v) is 11.0. The van der Waals surface area contributed by atoms with Gasteiger partial charge in [-0.25, -0.2) is 0 Å². The summed E-state index contributed by atoms with van der Waals surface area (Å²) in [5, 5.41) is 10.7. The first-order chi connectivity index (χ1) is 8.17. The first kappa shape index (κ1) is 12.6. The van der Waals surface area contributed by atoms with Gasteiger partial charge >= 0.3 is 0 Å². The van der Waals surface area contributed by atoms with Crippen LogP contribution in [0.15, 0.2) is 30.3 Å². The van der Waals surface area contributed by atoms with Gasteiger partial charge in [0.25, 0.3) is 0 Å². The average molecular weight is 232 g/mol. The van der Waals surface area contributed by atoms with E-state index in [1.807, 2.05) is 0 Å². The minimum atomic E-state index is -0.217. The van der Waals surface area contributed by atoms with Crippen molar-refractivity contribution in [2.75, 3.05) is 0 Å². The SMILES string of the molecule is CC(C)C(O)C1(c2ccccc2)CCCCC1. The first-order valence-corrected chi connectivity index (χ1v) is 6.90. The van der Waals surface area contributed by atoms with E-state index in [2.05, 4.69) is 44.2 Å². The molecule has 0 spiro atoms. The van der Waals surface area contributed by atoms with Gasteiger partial charge in [0.05, 0.1) is 6.10 Å². The van der Waals surface area contributed by atoms with Crippen molar-refractivity contribution >= 4 is 0 Å². The van der Waals surface area contributed by atoms with Gasteiger partial charge in [-0.3, -0.25) is 0 Å². The van der Waals surface area contributed by atoms with E-state index in [0.29, 0.717) is 5.92 Å². The highest BCUT2D eigenvalue weighted by Gasteiger charge is 2.41. The van der Waals surface area contributed by atoms with Gasteiger partial charge in [0.15, 0.2) is 0 Å². The second-order valence-corrected chi connectivity index (χ2v) is 5.77. The number of aliphatic hydroxyl groups excluding tert-OH is 1. The van der Waals surface area contributed by atoms with Crippen LogP contribution >= 0.6 is 0 Å². The molecule has 0 bridgehead atoms. The fourth-order valence-electron chi connectivity index (χ4n) is 3.35. The van der Waals surface area contributed by atoms with Crippen molar-refractivity contribution in [1.82, 2.24) is 0 Å². The molecule has 0 amide bonds. The molecule has 0 aliphatic heterocycles. The normalized spacial score (nSPS) is 21.4. The van der Waals surface area contributed by atoms with Crippen LogP contribution in [0.1, 0.15) is 51.5 Å². The summed E-state index contributed by atoms with van der Waals surface area (Å²) in [7, 11) is 0. The topological polar surface area (TPSA) is 20.2 Å². The van der Waals surface area contributed by atoms with Crippen molar-refractivity contribution in [3.63, 3.8) is 0 Å². The molecule has 1 fully saturated rings. The molecule has 0 aromatic heterocycles. The molecule has 1 unspecified atom stereocenters. The summed E-state index contributed by atoms with van der Waals surface area (Å²) in [6.07, 6.45) is 5.87. The Morgan fingerprint density at radius 2 is 1.59 bits per heavy atom. The molecule has 94 valence electrons. The van der Waals surface area contributed by atoms with Gasteiger partial charge in [0, 0.05) is 5.41 Å². The van der Waals surface area contributed by atoms with Gasteiger partial charge in [0.2, 0.25) is 0 Å². The summed E-state index contributed by atoms with van der Waals surface area (Å²) in [5.74, 6) is 0.327. The molecule has 1 aliphatic rings. The Hall–Kier alpha value is -0.820. The molecule has 1 nitrogen and oxygen atoms in total. The molecule has 1 atom stereocenters. The van der Waals surface area contributed by atoms with E-state index >= 15 is 0 Å². The van der Waals surface area contributed by atoms with E-state index in [1.165, 1.54) is 24.8 Å². The number of benzene rings is 1. The molecular formula is C16H24O. The van der Waals surface area contributed by atoms with Gasteiger partial charge < -0.3 is 5.11 Å².